The lowest BCUT2D eigenvalue weighted by Gasteiger charge is -2.10. The lowest BCUT2D eigenvalue weighted by Crippen LogP contribution is -2.05. The van der Waals surface area contributed by atoms with E-state index < -0.39 is 11.7 Å². The predicted molar refractivity (Wildman–Crippen MR) is 74.2 cm³/mol. The SMILES string of the molecule is FC(F)(F)c1cccc(OCSc2ccc(Cl)cc2)c1. The van der Waals surface area contributed by atoms with Gasteiger partial charge in [-0.25, -0.2) is 0 Å². The highest BCUT2D eigenvalue weighted by Gasteiger charge is 2.30. The Morgan fingerprint density at radius 2 is 1.75 bits per heavy atom. The van der Waals surface area contributed by atoms with Gasteiger partial charge in [-0.05, 0) is 42.5 Å². The van der Waals surface area contributed by atoms with E-state index in [1.165, 1.54) is 23.9 Å². The molecule has 0 aromatic heterocycles. The number of ether oxygens (including phenoxy) is 1. The van der Waals surface area contributed by atoms with Crippen molar-refractivity contribution in [2.75, 3.05) is 5.94 Å². The smallest absolute Gasteiger partial charge is 0.416 e. The molecule has 0 radical (unpaired) electrons. The Hall–Kier alpha value is -1.33. The van der Waals surface area contributed by atoms with Gasteiger partial charge in [0.25, 0.3) is 0 Å². The molecule has 0 N–H and O–H groups in total. The molecular formula is C14H10ClF3OS. The zero-order chi connectivity index (χ0) is 14.6. The molecule has 0 spiro atoms. The number of hydrogen-bond donors (Lipinski definition) is 0. The Balaban J connectivity index is 1.93. The topological polar surface area (TPSA) is 9.23 Å². The summed E-state index contributed by atoms with van der Waals surface area (Å²) in [6.45, 7) is 0. The van der Waals surface area contributed by atoms with Gasteiger partial charge in [0.2, 0.25) is 0 Å². The van der Waals surface area contributed by atoms with Crippen LogP contribution in [0.15, 0.2) is 53.4 Å². The summed E-state index contributed by atoms with van der Waals surface area (Å²) >= 11 is 7.13. The Morgan fingerprint density at radius 3 is 2.40 bits per heavy atom. The van der Waals surface area contributed by atoms with Crippen LogP contribution in [0.1, 0.15) is 5.56 Å². The minimum atomic E-state index is -4.36. The number of alkyl halides is 3. The van der Waals surface area contributed by atoms with E-state index >= 15 is 0 Å². The first-order chi connectivity index (χ1) is 9.45. The first-order valence-electron chi connectivity index (χ1n) is 5.63. The summed E-state index contributed by atoms with van der Waals surface area (Å²) in [5.41, 5.74) is -0.716. The van der Waals surface area contributed by atoms with Crippen molar-refractivity contribution in [2.24, 2.45) is 0 Å². The average molecular weight is 319 g/mol. The maximum atomic E-state index is 12.5. The van der Waals surface area contributed by atoms with Crippen LogP contribution in [0.25, 0.3) is 0 Å². The number of halogens is 4. The summed E-state index contributed by atoms with van der Waals surface area (Å²) in [5, 5.41) is 0.633. The third-order valence-corrected chi connectivity index (χ3v) is 3.52. The molecule has 2 aromatic carbocycles. The van der Waals surface area contributed by atoms with Gasteiger partial charge in [-0.1, -0.05) is 29.4 Å². The summed E-state index contributed by atoms with van der Waals surface area (Å²) < 4.78 is 42.9. The summed E-state index contributed by atoms with van der Waals surface area (Å²) in [7, 11) is 0. The van der Waals surface area contributed by atoms with Crippen LogP contribution in [0.2, 0.25) is 5.02 Å². The van der Waals surface area contributed by atoms with Gasteiger partial charge in [0, 0.05) is 9.92 Å². The van der Waals surface area contributed by atoms with Crippen molar-refractivity contribution < 1.29 is 17.9 Å². The van der Waals surface area contributed by atoms with Crippen LogP contribution in [-0.2, 0) is 6.18 Å². The molecule has 0 bridgehead atoms. The van der Waals surface area contributed by atoms with Crippen molar-refractivity contribution in [1.82, 2.24) is 0 Å². The van der Waals surface area contributed by atoms with Crippen LogP contribution in [-0.4, -0.2) is 5.94 Å². The second kappa shape index (κ2) is 6.41. The standard InChI is InChI=1S/C14H10ClF3OS/c15-11-4-6-13(7-5-11)20-9-19-12-3-1-2-10(8-12)14(16,17)18/h1-8H,9H2. The first-order valence-corrected chi connectivity index (χ1v) is 7.00. The van der Waals surface area contributed by atoms with Gasteiger partial charge in [-0.3, -0.25) is 0 Å². The number of thioether (sulfide) groups is 1. The predicted octanol–water partition coefficient (Wildman–Crippen LogP) is 5.49. The Labute approximate surface area is 123 Å². The fourth-order valence-corrected chi connectivity index (χ4v) is 2.24. The van der Waals surface area contributed by atoms with Crippen molar-refractivity contribution in [2.45, 2.75) is 11.1 Å². The van der Waals surface area contributed by atoms with Gasteiger partial charge < -0.3 is 4.74 Å². The Morgan fingerprint density at radius 1 is 1.05 bits per heavy atom. The molecule has 0 amide bonds. The summed E-state index contributed by atoms with van der Waals surface area (Å²) in [6, 6.07) is 12.0. The highest BCUT2D eigenvalue weighted by Crippen LogP contribution is 2.31. The molecule has 0 fully saturated rings. The summed E-state index contributed by atoms with van der Waals surface area (Å²) in [5.74, 6) is 0.421. The maximum absolute atomic E-state index is 12.5. The van der Waals surface area contributed by atoms with Crippen molar-refractivity contribution in [1.29, 1.82) is 0 Å². The largest absolute Gasteiger partial charge is 0.483 e. The van der Waals surface area contributed by atoms with E-state index in [9.17, 15) is 13.2 Å². The molecule has 0 heterocycles. The van der Waals surface area contributed by atoms with Crippen molar-refractivity contribution in [3.63, 3.8) is 0 Å². The van der Waals surface area contributed by atoms with E-state index in [1.54, 1.807) is 12.1 Å². The molecule has 0 atom stereocenters. The first kappa shape index (κ1) is 15.1. The quantitative estimate of drug-likeness (QED) is 0.544. The fourth-order valence-electron chi connectivity index (χ4n) is 1.46. The van der Waals surface area contributed by atoms with Crippen molar-refractivity contribution in [3.8, 4) is 5.75 Å². The van der Waals surface area contributed by atoms with Crippen molar-refractivity contribution >= 4 is 23.4 Å². The monoisotopic (exact) mass is 318 g/mol. The zero-order valence-electron chi connectivity index (χ0n) is 10.2. The van der Waals surface area contributed by atoms with Gasteiger partial charge in [0.05, 0.1) is 5.56 Å². The molecule has 2 aromatic rings. The van der Waals surface area contributed by atoms with E-state index in [2.05, 4.69) is 0 Å². The normalized spacial score (nSPS) is 11.4. The molecule has 6 heteroatoms. The molecule has 2 rings (SSSR count). The summed E-state index contributed by atoms with van der Waals surface area (Å²) in [6.07, 6.45) is -4.36. The van der Waals surface area contributed by atoms with E-state index in [-0.39, 0.29) is 11.7 Å². The number of benzene rings is 2. The highest BCUT2D eigenvalue weighted by molar-refractivity contribution is 7.99. The lowest BCUT2D eigenvalue weighted by molar-refractivity contribution is -0.137. The van der Waals surface area contributed by atoms with E-state index in [0.717, 1.165) is 17.0 Å². The second-order valence-electron chi connectivity index (χ2n) is 3.89. The van der Waals surface area contributed by atoms with Gasteiger partial charge in [0.15, 0.2) is 0 Å². The molecule has 0 saturated carbocycles. The van der Waals surface area contributed by atoms with Crippen LogP contribution in [0.3, 0.4) is 0 Å². The van der Waals surface area contributed by atoms with Gasteiger partial charge in [-0.15, -0.1) is 0 Å². The lowest BCUT2D eigenvalue weighted by atomic mass is 10.2. The number of rotatable bonds is 4. The van der Waals surface area contributed by atoms with E-state index in [0.29, 0.717) is 5.02 Å². The molecule has 106 valence electrons. The molecular weight excluding hydrogens is 309 g/mol. The Bertz CT molecular complexity index is 569. The molecule has 0 aliphatic carbocycles. The molecule has 1 nitrogen and oxygen atoms in total. The fraction of sp³-hybridized carbons (Fsp3) is 0.143. The molecule has 0 aliphatic rings. The van der Waals surface area contributed by atoms with E-state index in [4.69, 9.17) is 16.3 Å². The zero-order valence-corrected chi connectivity index (χ0v) is 11.7. The van der Waals surface area contributed by atoms with Crippen LogP contribution in [0, 0.1) is 0 Å². The van der Waals surface area contributed by atoms with Crippen LogP contribution in [0.5, 0.6) is 5.75 Å². The average Bonchev–Trinajstić information content (AvgIpc) is 2.40. The molecule has 20 heavy (non-hydrogen) atoms. The van der Waals surface area contributed by atoms with Gasteiger partial charge >= 0.3 is 6.18 Å². The maximum Gasteiger partial charge on any atom is 0.416 e. The minimum Gasteiger partial charge on any atom is -0.483 e. The van der Waals surface area contributed by atoms with Crippen LogP contribution < -0.4 is 4.74 Å². The molecule has 0 aliphatic heterocycles. The molecule has 0 saturated heterocycles. The van der Waals surface area contributed by atoms with Crippen LogP contribution in [0.4, 0.5) is 13.2 Å². The minimum absolute atomic E-state index is 0.196. The van der Waals surface area contributed by atoms with Crippen LogP contribution >= 0.6 is 23.4 Å². The third-order valence-electron chi connectivity index (χ3n) is 2.43. The van der Waals surface area contributed by atoms with E-state index in [1.807, 2.05) is 12.1 Å². The molecule has 0 unspecified atom stereocenters. The highest BCUT2D eigenvalue weighted by atomic mass is 35.5. The number of hydrogen-bond acceptors (Lipinski definition) is 2. The van der Waals surface area contributed by atoms with Crippen molar-refractivity contribution in [3.05, 3.63) is 59.1 Å². The second-order valence-corrected chi connectivity index (χ2v) is 5.32. The third kappa shape index (κ3) is 4.35. The summed E-state index contributed by atoms with van der Waals surface area (Å²) in [4.78, 5) is 0.932. The van der Waals surface area contributed by atoms with Gasteiger partial charge in [0.1, 0.15) is 11.7 Å². The van der Waals surface area contributed by atoms with Gasteiger partial charge in [-0.2, -0.15) is 13.2 Å². The Kier molecular flexibility index (Phi) is 4.83.